The maximum atomic E-state index is 13.8. The minimum Gasteiger partial charge on any atom is -0.268 e. The average molecular weight is 321 g/mol. The molecule has 100 valence electrons. The first-order chi connectivity index (χ1) is 9.66. The number of anilines is 1. The van der Waals surface area contributed by atoms with Crippen LogP contribution in [0.1, 0.15) is 4.88 Å². The summed E-state index contributed by atoms with van der Waals surface area (Å²) in [6.45, 7) is 0. The molecule has 0 atom stereocenters. The molecule has 6 heteroatoms. The summed E-state index contributed by atoms with van der Waals surface area (Å²) < 4.78 is 14.2. The van der Waals surface area contributed by atoms with Gasteiger partial charge in [0.25, 0.3) is 5.91 Å². The third kappa shape index (κ3) is 2.42. The fraction of sp³-hybridized carbons (Fsp3) is 0. The number of hydrogen-bond donors (Lipinski definition) is 0. The van der Waals surface area contributed by atoms with Crippen LogP contribution < -0.4 is 4.90 Å². The molecule has 1 aliphatic heterocycles. The van der Waals surface area contributed by atoms with E-state index in [1.54, 1.807) is 24.3 Å². The maximum absolute atomic E-state index is 13.8. The summed E-state index contributed by atoms with van der Waals surface area (Å²) in [4.78, 5) is 15.1. The van der Waals surface area contributed by atoms with Gasteiger partial charge in [-0.3, -0.25) is 9.69 Å². The first-order valence-corrected chi connectivity index (χ1v) is 7.83. The fourth-order valence-corrected chi connectivity index (χ4v) is 3.82. The van der Waals surface area contributed by atoms with Gasteiger partial charge in [0.05, 0.1) is 10.6 Å². The second-order valence-electron chi connectivity index (χ2n) is 3.98. The van der Waals surface area contributed by atoms with E-state index in [0.717, 1.165) is 4.88 Å². The van der Waals surface area contributed by atoms with Crippen molar-refractivity contribution in [3.05, 3.63) is 57.4 Å². The zero-order valence-electron chi connectivity index (χ0n) is 10.1. The van der Waals surface area contributed by atoms with Gasteiger partial charge in [0.2, 0.25) is 0 Å². The molecule has 2 heterocycles. The molecule has 2 aromatic rings. The van der Waals surface area contributed by atoms with Gasteiger partial charge in [-0.1, -0.05) is 42.2 Å². The molecule has 0 aliphatic carbocycles. The standard InChI is InChI=1S/C14H8FNOS3/c15-10-5-1-2-6-11(10)16-13(17)12(20-14(16)18)8-9-4-3-7-19-9/h1-8H. The molecule has 0 radical (unpaired) electrons. The molecule has 20 heavy (non-hydrogen) atoms. The summed E-state index contributed by atoms with van der Waals surface area (Å²) in [6, 6.07) is 9.96. The number of hydrogen-bond acceptors (Lipinski definition) is 4. The Hall–Kier alpha value is -1.50. The van der Waals surface area contributed by atoms with E-state index >= 15 is 0 Å². The van der Waals surface area contributed by atoms with Crippen LogP contribution in [0.25, 0.3) is 6.08 Å². The van der Waals surface area contributed by atoms with Crippen molar-refractivity contribution >= 4 is 57.3 Å². The Labute approximate surface area is 128 Å². The quantitative estimate of drug-likeness (QED) is 0.608. The lowest BCUT2D eigenvalue weighted by Gasteiger charge is -2.14. The average Bonchev–Trinajstić information content (AvgIpc) is 3.01. The van der Waals surface area contributed by atoms with Crippen LogP contribution in [0.5, 0.6) is 0 Å². The van der Waals surface area contributed by atoms with E-state index in [-0.39, 0.29) is 11.6 Å². The van der Waals surface area contributed by atoms with Gasteiger partial charge in [-0.2, -0.15) is 0 Å². The van der Waals surface area contributed by atoms with E-state index in [4.69, 9.17) is 12.2 Å². The first kappa shape index (κ1) is 13.5. The Morgan fingerprint density at radius 1 is 1.20 bits per heavy atom. The highest BCUT2D eigenvalue weighted by Crippen LogP contribution is 2.37. The molecular weight excluding hydrogens is 313 g/mol. The molecule has 1 aromatic carbocycles. The molecule has 3 rings (SSSR count). The number of thiocarbonyl (C=S) groups is 1. The van der Waals surface area contributed by atoms with Crippen LogP contribution in [-0.2, 0) is 4.79 Å². The number of thioether (sulfide) groups is 1. The van der Waals surface area contributed by atoms with Gasteiger partial charge >= 0.3 is 0 Å². The largest absolute Gasteiger partial charge is 0.270 e. The molecule has 0 bridgehead atoms. The maximum Gasteiger partial charge on any atom is 0.270 e. The Bertz CT molecular complexity index is 709. The zero-order chi connectivity index (χ0) is 14.1. The topological polar surface area (TPSA) is 20.3 Å². The monoisotopic (exact) mass is 321 g/mol. The van der Waals surface area contributed by atoms with Crippen molar-refractivity contribution in [1.29, 1.82) is 0 Å². The summed E-state index contributed by atoms with van der Waals surface area (Å²) in [5, 5.41) is 1.93. The molecule has 2 nitrogen and oxygen atoms in total. The summed E-state index contributed by atoms with van der Waals surface area (Å²) in [7, 11) is 0. The number of amides is 1. The van der Waals surface area contributed by atoms with E-state index in [2.05, 4.69) is 0 Å². The smallest absolute Gasteiger partial charge is 0.268 e. The third-order valence-corrected chi connectivity index (χ3v) is 4.83. The minimum absolute atomic E-state index is 0.199. The van der Waals surface area contributed by atoms with Crippen LogP contribution in [0.3, 0.4) is 0 Å². The van der Waals surface area contributed by atoms with Gasteiger partial charge in [0, 0.05) is 4.88 Å². The number of carbonyl (C=O) groups excluding carboxylic acids is 1. The van der Waals surface area contributed by atoms with Crippen LogP contribution >= 0.6 is 35.3 Å². The van der Waals surface area contributed by atoms with E-state index < -0.39 is 5.82 Å². The van der Waals surface area contributed by atoms with Crippen molar-refractivity contribution in [2.24, 2.45) is 0 Å². The fourth-order valence-electron chi connectivity index (χ4n) is 1.81. The SMILES string of the molecule is O=C1C(=Cc2cccs2)SC(=S)N1c1ccccc1F. The molecule has 0 spiro atoms. The van der Waals surface area contributed by atoms with E-state index in [1.807, 2.05) is 17.5 Å². The van der Waals surface area contributed by atoms with E-state index in [0.29, 0.717) is 9.23 Å². The summed E-state index contributed by atoms with van der Waals surface area (Å²) in [5.41, 5.74) is 0.199. The second kappa shape index (κ2) is 5.47. The van der Waals surface area contributed by atoms with Crippen LogP contribution in [-0.4, -0.2) is 10.2 Å². The second-order valence-corrected chi connectivity index (χ2v) is 6.64. The van der Waals surface area contributed by atoms with Crippen molar-refractivity contribution in [3.63, 3.8) is 0 Å². The molecule has 1 aliphatic rings. The number of nitrogens with zero attached hydrogens (tertiary/aromatic N) is 1. The predicted octanol–water partition coefficient (Wildman–Crippen LogP) is 4.29. The normalized spacial score (nSPS) is 17.2. The highest BCUT2D eigenvalue weighted by atomic mass is 32.2. The molecule has 1 amide bonds. The van der Waals surface area contributed by atoms with E-state index in [1.165, 1.54) is 34.1 Å². The van der Waals surface area contributed by atoms with Crippen molar-refractivity contribution in [1.82, 2.24) is 0 Å². The highest BCUT2D eigenvalue weighted by molar-refractivity contribution is 8.27. The minimum atomic E-state index is -0.457. The van der Waals surface area contributed by atoms with Gasteiger partial charge in [0.15, 0.2) is 4.32 Å². The zero-order valence-corrected chi connectivity index (χ0v) is 12.5. The Kier molecular flexibility index (Phi) is 3.69. The van der Waals surface area contributed by atoms with Crippen molar-refractivity contribution in [3.8, 4) is 0 Å². The number of benzene rings is 1. The summed E-state index contributed by atoms with van der Waals surface area (Å²) in [5.74, 6) is -0.736. The molecule has 1 fully saturated rings. The predicted molar refractivity (Wildman–Crippen MR) is 86.4 cm³/mol. The van der Waals surface area contributed by atoms with Crippen LogP contribution in [0, 0.1) is 5.82 Å². The van der Waals surface area contributed by atoms with Crippen molar-refractivity contribution in [2.45, 2.75) is 0 Å². The van der Waals surface area contributed by atoms with Gasteiger partial charge < -0.3 is 0 Å². The summed E-state index contributed by atoms with van der Waals surface area (Å²) in [6.07, 6.45) is 1.78. The lowest BCUT2D eigenvalue weighted by Crippen LogP contribution is -2.28. The first-order valence-electron chi connectivity index (χ1n) is 5.73. The van der Waals surface area contributed by atoms with Crippen LogP contribution in [0.4, 0.5) is 10.1 Å². The van der Waals surface area contributed by atoms with Crippen LogP contribution in [0.15, 0.2) is 46.7 Å². The molecule has 1 saturated heterocycles. The van der Waals surface area contributed by atoms with Gasteiger partial charge in [-0.05, 0) is 29.7 Å². The number of halogens is 1. The Morgan fingerprint density at radius 2 is 2.00 bits per heavy atom. The lowest BCUT2D eigenvalue weighted by atomic mass is 10.2. The van der Waals surface area contributed by atoms with Crippen molar-refractivity contribution in [2.75, 3.05) is 4.90 Å². The van der Waals surface area contributed by atoms with Gasteiger partial charge in [-0.25, -0.2) is 4.39 Å². The number of thiophene rings is 1. The molecule has 0 unspecified atom stereocenters. The number of carbonyl (C=O) groups is 1. The molecular formula is C14H8FNOS3. The third-order valence-electron chi connectivity index (χ3n) is 2.70. The molecule has 0 saturated carbocycles. The highest BCUT2D eigenvalue weighted by Gasteiger charge is 2.34. The van der Waals surface area contributed by atoms with Crippen LogP contribution in [0.2, 0.25) is 0 Å². The molecule has 0 N–H and O–H groups in total. The van der Waals surface area contributed by atoms with Crippen molar-refractivity contribution < 1.29 is 9.18 Å². The summed E-state index contributed by atoms with van der Waals surface area (Å²) >= 11 is 7.92. The van der Waals surface area contributed by atoms with Gasteiger partial charge in [-0.15, -0.1) is 11.3 Å². The molecule has 1 aromatic heterocycles. The van der Waals surface area contributed by atoms with E-state index in [9.17, 15) is 9.18 Å². The Morgan fingerprint density at radius 3 is 2.70 bits per heavy atom. The lowest BCUT2D eigenvalue weighted by molar-refractivity contribution is -0.113. The number of para-hydroxylation sites is 1. The Balaban J connectivity index is 1.98. The van der Waals surface area contributed by atoms with Gasteiger partial charge in [0.1, 0.15) is 5.82 Å². The number of rotatable bonds is 2.